The van der Waals surface area contributed by atoms with Gasteiger partial charge >= 0.3 is 6.03 Å². The van der Waals surface area contributed by atoms with E-state index in [1.54, 1.807) is 0 Å². The van der Waals surface area contributed by atoms with E-state index in [9.17, 15) is 21.6 Å². The molecule has 3 N–H and O–H groups in total. The van der Waals surface area contributed by atoms with Crippen LogP contribution in [0.3, 0.4) is 0 Å². The molecule has 107 valence electrons. The molecule has 0 atom stereocenters. The molecule has 0 bridgehead atoms. The summed E-state index contributed by atoms with van der Waals surface area (Å²) in [5.41, 5.74) is 6.87. The minimum absolute atomic E-state index is 0.0602. The van der Waals surface area contributed by atoms with E-state index in [-0.39, 0.29) is 25.9 Å². The Labute approximate surface area is 105 Å². The number of urea groups is 1. The number of nitrogens with one attached hydrogen (secondary N) is 1. The number of amides is 2. The van der Waals surface area contributed by atoms with Crippen LogP contribution in [-0.2, 0) is 20.2 Å². The molecule has 0 fully saturated rings. The average Bonchev–Trinajstić information content (AvgIpc) is 2.11. The van der Waals surface area contributed by atoms with Crippen LogP contribution in [0.15, 0.2) is 0 Å². The zero-order valence-electron chi connectivity index (χ0n) is 9.44. The summed E-state index contributed by atoms with van der Waals surface area (Å²) in [5, 5.41) is 0. The smallest absolute Gasteiger partial charge is 0.323 e. The molecule has 0 aliphatic rings. The van der Waals surface area contributed by atoms with Crippen LogP contribution >= 0.6 is 0 Å². The van der Waals surface area contributed by atoms with Gasteiger partial charge in [0.05, 0.1) is 11.5 Å². The topological polar surface area (TPSA) is 153 Å². The first-order chi connectivity index (χ1) is 8.01. The Hall–Kier alpha value is -0.910. The van der Waals surface area contributed by atoms with Gasteiger partial charge in [0.2, 0.25) is 0 Å². The van der Waals surface area contributed by atoms with Gasteiger partial charge in [-0.3, -0.25) is 9.11 Å². The first-order valence-electron chi connectivity index (χ1n) is 4.92. The Balaban J connectivity index is 4.13. The zero-order chi connectivity index (χ0) is 14.4. The molecule has 0 rings (SSSR count). The Morgan fingerprint density at radius 1 is 0.944 bits per heavy atom. The summed E-state index contributed by atoms with van der Waals surface area (Å²) in [6.07, 6.45) is -0.120. The summed E-state index contributed by atoms with van der Waals surface area (Å²) in [6, 6.07) is -1.08. The van der Waals surface area contributed by atoms with E-state index in [0.717, 1.165) is 4.90 Å². The molecule has 1 radical (unpaired) electrons. The quantitative estimate of drug-likeness (QED) is 0.559. The normalized spacial score (nSPS) is 12.3. The van der Waals surface area contributed by atoms with Crippen molar-refractivity contribution in [3.05, 3.63) is 0 Å². The number of carbonyl (C=O) groups excluding carboxylic acids is 1. The first-order valence-corrected chi connectivity index (χ1v) is 8.14. The predicted octanol–water partition coefficient (Wildman–Crippen LogP) is -0.753. The van der Waals surface area contributed by atoms with Gasteiger partial charge in [0.25, 0.3) is 20.2 Å². The van der Waals surface area contributed by atoms with Crippen LogP contribution in [0.25, 0.3) is 0 Å². The number of nitrogens with zero attached hydrogens (tertiary/aromatic N) is 1. The van der Waals surface area contributed by atoms with Gasteiger partial charge in [-0.05, 0) is 12.8 Å². The third kappa shape index (κ3) is 10.3. The van der Waals surface area contributed by atoms with Crippen molar-refractivity contribution >= 4 is 26.3 Å². The van der Waals surface area contributed by atoms with Gasteiger partial charge in [0, 0.05) is 13.1 Å². The molecule has 0 saturated heterocycles. The largest absolute Gasteiger partial charge is 0.336 e. The highest BCUT2D eigenvalue weighted by Gasteiger charge is 2.13. The first kappa shape index (κ1) is 17.1. The molecule has 0 aromatic rings. The molecule has 18 heavy (non-hydrogen) atoms. The predicted molar refractivity (Wildman–Crippen MR) is 62.1 cm³/mol. The zero-order valence-corrected chi connectivity index (χ0v) is 11.1. The fraction of sp³-hybridized carbons (Fsp3) is 0.857. The maximum Gasteiger partial charge on any atom is 0.336 e. The van der Waals surface area contributed by atoms with Crippen LogP contribution in [0.5, 0.6) is 0 Å². The molecule has 9 nitrogen and oxygen atoms in total. The standard InChI is InChI=1S/C7H15N2O7S2/c8-7(10)9(3-1-5-17(11,12)13)4-2-6-18(14,15)16/h8H,1-6H2,(H,11,12,13)(H,14,15,16). The van der Waals surface area contributed by atoms with Gasteiger partial charge in [-0.15, -0.1) is 0 Å². The maximum atomic E-state index is 10.8. The molecule has 2 amide bonds. The number of hydrogen-bond acceptors (Lipinski definition) is 5. The average molecular weight is 303 g/mol. The molecule has 0 aromatic carbocycles. The van der Waals surface area contributed by atoms with E-state index >= 15 is 0 Å². The lowest BCUT2D eigenvalue weighted by Crippen LogP contribution is -2.34. The molecular formula is C7H15N2O7S2. The van der Waals surface area contributed by atoms with E-state index < -0.39 is 37.8 Å². The molecule has 0 aliphatic heterocycles. The number of hydrogen-bond donors (Lipinski definition) is 2. The van der Waals surface area contributed by atoms with Crippen LogP contribution in [0, 0.1) is 0 Å². The van der Waals surface area contributed by atoms with Crippen molar-refractivity contribution in [3.8, 4) is 0 Å². The second-order valence-corrected chi connectivity index (χ2v) is 6.72. The maximum absolute atomic E-state index is 10.8. The second kappa shape index (κ2) is 6.87. The van der Waals surface area contributed by atoms with E-state index in [1.165, 1.54) is 0 Å². The van der Waals surface area contributed by atoms with Gasteiger partial charge in [-0.1, -0.05) is 0 Å². The Kier molecular flexibility index (Phi) is 6.52. The minimum Gasteiger partial charge on any atom is -0.323 e. The lowest BCUT2D eigenvalue weighted by atomic mass is 10.4. The van der Waals surface area contributed by atoms with Crippen LogP contribution in [-0.4, -0.2) is 61.5 Å². The summed E-state index contributed by atoms with van der Waals surface area (Å²) >= 11 is 0. The highest BCUT2D eigenvalue weighted by atomic mass is 32.2. The van der Waals surface area contributed by atoms with Crippen molar-refractivity contribution in [2.45, 2.75) is 12.8 Å². The van der Waals surface area contributed by atoms with Gasteiger partial charge in [-0.25, -0.2) is 10.5 Å². The van der Waals surface area contributed by atoms with E-state index in [2.05, 4.69) is 0 Å². The third-order valence-corrected chi connectivity index (χ3v) is 3.56. The van der Waals surface area contributed by atoms with Crippen molar-refractivity contribution in [2.75, 3.05) is 24.6 Å². The van der Waals surface area contributed by atoms with Gasteiger partial charge in [-0.2, -0.15) is 16.8 Å². The molecule has 11 heteroatoms. The fourth-order valence-electron chi connectivity index (χ4n) is 1.19. The van der Waals surface area contributed by atoms with Crippen LogP contribution in [0.4, 0.5) is 4.79 Å². The number of carbonyl (C=O) groups is 1. The highest BCUT2D eigenvalue weighted by Crippen LogP contribution is 1.99. The molecule has 0 unspecified atom stereocenters. The number of rotatable bonds is 8. The SMILES string of the molecule is [NH]C(=O)N(CCCS(=O)(=O)O)CCCS(=O)(=O)O. The van der Waals surface area contributed by atoms with E-state index in [4.69, 9.17) is 14.8 Å². The molecule has 0 aromatic heterocycles. The Morgan fingerprint density at radius 3 is 1.50 bits per heavy atom. The van der Waals surface area contributed by atoms with Gasteiger partial charge < -0.3 is 4.90 Å². The third-order valence-electron chi connectivity index (χ3n) is 1.95. The summed E-state index contributed by atoms with van der Waals surface area (Å²) < 4.78 is 58.6. The van der Waals surface area contributed by atoms with Crippen molar-refractivity contribution in [1.82, 2.24) is 10.6 Å². The molecular weight excluding hydrogens is 288 g/mol. The summed E-state index contributed by atoms with van der Waals surface area (Å²) in [6.45, 7) is -0.179. The monoisotopic (exact) mass is 303 g/mol. The fourth-order valence-corrected chi connectivity index (χ4v) is 2.18. The minimum atomic E-state index is -4.12. The Bertz CT molecular complexity index is 432. The van der Waals surface area contributed by atoms with E-state index in [0.29, 0.717) is 0 Å². The molecule has 0 heterocycles. The lowest BCUT2D eigenvalue weighted by molar-refractivity contribution is 0.206. The van der Waals surface area contributed by atoms with Crippen LogP contribution in [0.1, 0.15) is 12.8 Å². The van der Waals surface area contributed by atoms with Crippen LogP contribution < -0.4 is 5.73 Å². The lowest BCUT2D eigenvalue weighted by Gasteiger charge is -2.18. The Morgan fingerprint density at radius 2 is 1.28 bits per heavy atom. The van der Waals surface area contributed by atoms with Gasteiger partial charge in [0.1, 0.15) is 0 Å². The molecule has 0 spiro atoms. The van der Waals surface area contributed by atoms with Gasteiger partial charge in [0.15, 0.2) is 0 Å². The van der Waals surface area contributed by atoms with Crippen LogP contribution in [0.2, 0.25) is 0 Å². The summed E-state index contributed by atoms with van der Waals surface area (Å²) in [5.74, 6) is -1.09. The van der Waals surface area contributed by atoms with Crippen molar-refractivity contribution in [2.24, 2.45) is 0 Å². The highest BCUT2D eigenvalue weighted by molar-refractivity contribution is 7.86. The summed E-state index contributed by atoms with van der Waals surface area (Å²) in [4.78, 5) is 11.8. The van der Waals surface area contributed by atoms with Crippen molar-refractivity contribution in [1.29, 1.82) is 0 Å². The summed E-state index contributed by atoms with van der Waals surface area (Å²) in [7, 11) is -8.25. The van der Waals surface area contributed by atoms with E-state index in [1.807, 2.05) is 0 Å². The molecule has 0 aliphatic carbocycles. The second-order valence-electron chi connectivity index (χ2n) is 3.57. The van der Waals surface area contributed by atoms with Crippen molar-refractivity contribution in [3.63, 3.8) is 0 Å². The molecule has 0 saturated carbocycles. The van der Waals surface area contributed by atoms with Crippen molar-refractivity contribution < 1.29 is 30.7 Å².